The first-order valence-electron chi connectivity index (χ1n) is 8.61. The molecule has 1 amide bonds. The lowest BCUT2D eigenvalue weighted by Gasteiger charge is -2.25. The van der Waals surface area contributed by atoms with Crippen molar-refractivity contribution in [1.29, 1.82) is 0 Å². The lowest BCUT2D eigenvalue weighted by molar-refractivity contribution is -0.117. The maximum atomic E-state index is 12.7. The van der Waals surface area contributed by atoms with Crippen LogP contribution in [0.25, 0.3) is 0 Å². The van der Waals surface area contributed by atoms with Gasteiger partial charge in [0.15, 0.2) is 0 Å². The fraction of sp³-hybridized carbons (Fsp3) is 0.474. The van der Waals surface area contributed by atoms with Gasteiger partial charge in [0.1, 0.15) is 5.82 Å². The van der Waals surface area contributed by atoms with Crippen molar-refractivity contribution in [1.82, 2.24) is 14.5 Å². The molecule has 0 bridgehead atoms. The Morgan fingerprint density at radius 2 is 2.08 bits per heavy atom. The van der Waals surface area contributed by atoms with E-state index in [1.807, 2.05) is 36.5 Å². The summed E-state index contributed by atoms with van der Waals surface area (Å²) in [6.07, 6.45) is 5.59. The fourth-order valence-electron chi connectivity index (χ4n) is 4.17. The predicted octanol–water partition coefficient (Wildman–Crippen LogP) is 2.36. The molecular weight excluding hydrogens is 300 g/mol. The second-order valence-corrected chi connectivity index (χ2v) is 7.36. The van der Waals surface area contributed by atoms with E-state index in [1.54, 1.807) is 0 Å². The third-order valence-corrected chi connectivity index (χ3v) is 5.53. The van der Waals surface area contributed by atoms with Gasteiger partial charge in [-0.3, -0.25) is 9.69 Å². The number of imidazole rings is 1. The number of aryl methyl sites for hydroxylation is 2. The number of hydrogen-bond acceptors (Lipinski definition) is 3. The minimum atomic E-state index is 0.102. The van der Waals surface area contributed by atoms with Gasteiger partial charge in [0.2, 0.25) is 5.91 Å². The van der Waals surface area contributed by atoms with Gasteiger partial charge < -0.3 is 9.47 Å². The van der Waals surface area contributed by atoms with Crippen LogP contribution in [0.1, 0.15) is 24.2 Å². The molecule has 0 N–H and O–H groups in total. The first-order chi connectivity index (χ1) is 11.6. The minimum Gasteiger partial charge on any atom is -0.337 e. The highest BCUT2D eigenvalue weighted by Gasteiger charge is 2.47. The highest BCUT2D eigenvalue weighted by atomic mass is 16.2. The number of carbonyl (C=O) groups excluding carboxylic acids is 1. The first-order valence-corrected chi connectivity index (χ1v) is 8.61. The van der Waals surface area contributed by atoms with Crippen molar-refractivity contribution in [2.75, 3.05) is 24.5 Å². The molecule has 3 heterocycles. The van der Waals surface area contributed by atoms with Crippen LogP contribution in [0.15, 0.2) is 36.7 Å². The summed E-state index contributed by atoms with van der Waals surface area (Å²) in [5.74, 6) is 1.36. The van der Waals surface area contributed by atoms with Crippen LogP contribution >= 0.6 is 0 Å². The van der Waals surface area contributed by atoms with E-state index in [9.17, 15) is 4.79 Å². The number of para-hydroxylation sites is 1. The summed E-state index contributed by atoms with van der Waals surface area (Å²) in [6, 6.07) is 8.18. The lowest BCUT2D eigenvalue weighted by atomic mass is 9.86. The molecule has 1 spiro atoms. The summed E-state index contributed by atoms with van der Waals surface area (Å²) < 4.78 is 2.07. The van der Waals surface area contributed by atoms with Crippen molar-refractivity contribution in [2.45, 2.75) is 26.3 Å². The molecule has 0 unspecified atom stereocenters. The maximum Gasteiger partial charge on any atom is 0.227 e. The van der Waals surface area contributed by atoms with Gasteiger partial charge in [-0.25, -0.2) is 4.98 Å². The summed E-state index contributed by atoms with van der Waals surface area (Å²) in [6.45, 7) is 5.81. The number of benzene rings is 1. The molecule has 4 rings (SSSR count). The molecule has 2 aromatic rings. The second-order valence-electron chi connectivity index (χ2n) is 7.36. The van der Waals surface area contributed by atoms with E-state index in [2.05, 4.69) is 33.5 Å². The number of anilines is 1. The molecule has 1 aromatic heterocycles. The SMILES string of the molecule is Cc1ccccc1N1C[C@]2(CCN(Cc3nccn3C)C2)CC1=O. The van der Waals surface area contributed by atoms with E-state index >= 15 is 0 Å². The van der Waals surface area contributed by atoms with Crippen molar-refractivity contribution in [3.63, 3.8) is 0 Å². The molecule has 5 nitrogen and oxygen atoms in total. The maximum absolute atomic E-state index is 12.7. The van der Waals surface area contributed by atoms with E-state index in [4.69, 9.17) is 0 Å². The summed E-state index contributed by atoms with van der Waals surface area (Å²) >= 11 is 0. The Balaban J connectivity index is 1.49. The van der Waals surface area contributed by atoms with Gasteiger partial charge in [0.05, 0.1) is 6.54 Å². The summed E-state index contributed by atoms with van der Waals surface area (Å²) in [4.78, 5) is 21.5. The number of rotatable bonds is 3. The first kappa shape index (κ1) is 15.4. The zero-order valence-electron chi connectivity index (χ0n) is 14.4. The lowest BCUT2D eigenvalue weighted by Crippen LogP contribution is -2.31. The van der Waals surface area contributed by atoms with Crippen LogP contribution < -0.4 is 4.90 Å². The fourth-order valence-corrected chi connectivity index (χ4v) is 4.17. The van der Waals surface area contributed by atoms with Crippen LogP contribution in [0.4, 0.5) is 5.69 Å². The number of amides is 1. The second kappa shape index (κ2) is 5.74. The van der Waals surface area contributed by atoms with Gasteiger partial charge in [-0.1, -0.05) is 18.2 Å². The molecule has 5 heteroatoms. The molecule has 1 atom stereocenters. The van der Waals surface area contributed by atoms with Gasteiger partial charge in [0, 0.05) is 50.1 Å². The Hall–Kier alpha value is -2.14. The Bertz CT molecular complexity index is 768. The highest BCUT2D eigenvalue weighted by Crippen LogP contribution is 2.42. The summed E-state index contributed by atoms with van der Waals surface area (Å²) in [5.41, 5.74) is 2.34. The molecule has 1 aromatic carbocycles. The average molecular weight is 324 g/mol. The van der Waals surface area contributed by atoms with E-state index in [0.29, 0.717) is 6.42 Å². The zero-order valence-corrected chi connectivity index (χ0v) is 14.4. The van der Waals surface area contributed by atoms with Gasteiger partial charge in [0.25, 0.3) is 0 Å². The van der Waals surface area contributed by atoms with Crippen molar-refractivity contribution < 1.29 is 4.79 Å². The van der Waals surface area contributed by atoms with Crippen molar-refractivity contribution in [2.24, 2.45) is 12.5 Å². The molecule has 2 saturated heterocycles. The molecule has 2 aliphatic rings. The highest BCUT2D eigenvalue weighted by molar-refractivity contribution is 5.97. The van der Waals surface area contributed by atoms with Crippen LogP contribution in [-0.2, 0) is 18.4 Å². The topological polar surface area (TPSA) is 41.4 Å². The zero-order chi connectivity index (χ0) is 16.7. The summed E-state index contributed by atoms with van der Waals surface area (Å²) in [7, 11) is 2.03. The van der Waals surface area contributed by atoms with Crippen LogP contribution in [0, 0.1) is 12.3 Å². The minimum absolute atomic E-state index is 0.102. The number of likely N-dealkylation sites (tertiary alicyclic amines) is 1. The average Bonchev–Trinajstić information content (AvgIpc) is 3.22. The molecule has 2 fully saturated rings. The standard InChI is InChI=1S/C19H24N4O/c1-15-5-3-4-6-16(15)23-14-19(11-18(23)24)7-9-22(13-19)12-17-20-8-10-21(17)2/h3-6,8,10H,7,9,11-14H2,1-2H3/t19-/m1/s1. The largest absolute Gasteiger partial charge is 0.337 e. The van der Waals surface area contributed by atoms with E-state index < -0.39 is 0 Å². The molecule has 0 radical (unpaired) electrons. The normalized spacial score (nSPS) is 24.4. The van der Waals surface area contributed by atoms with Gasteiger partial charge in [-0.15, -0.1) is 0 Å². The Kier molecular flexibility index (Phi) is 3.68. The van der Waals surface area contributed by atoms with Gasteiger partial charge in [-0.05, 0) is 31.5 Å². The molecule has 2 aliphatic heterocycles. The van der Waals surface area contributed by atoms with Crippen LogP contribution in [-0.4, -0.2) is 40.0 Å². The number of carbonyl (C=O) groups is 1. The summed E-state index contributed by atoms with van der Waals surface area (Å²) in [5, 5.41) is 0. The van der Waals surface area contributed by atoms with E-state index in [1.165, 1.54) is 5.56 Å². The Labute approximate surface area is 142 Å². The predicted molar refractivity (Wildman–Crippen MR) is 93.7 cm³/mol. The Morgan fingerprint density at radius 3 is 2.83 bits per heavy atom. The third kappa shape index (κ3) is 2.63. The smallest absolute Gasteiger partial charge is 0.227 e. The quantitative estimate of drug-likeness (QED) is 0.870. The number of aromatic nitrogens is 2. The third-order valence-electron chi connectivity index (χ3n) is 5.53. The van der Waals surface area contributed by atoms with Crippen molar-refractivity contribution >= 4 is 11.6 Å². The van der Waals surface area contributed by atoms with Crippen LogP contribution in [0.3, 0.4) is 0 Å². The molecule has 0 aliphatic carbocycles. The van der Waals surface area contributed by atoms with E-state index in [-0.39, 0.29) is 11.3 Å². The molecule has 24 heavy (non-hydrogen) atoms. The van der Waals surface area contributed by atoms with Crippen molar-refractivity contribution in [3.8, 4) is 0 Å². The van der Waals surface area contributed by atoms with Crippen LogP contribution in [0.2, 0.25) is 0 Å². The Morgan fingerprint density at radius 1 is 1.25 bits per heavy atom. The molecule has 126 valence electrons. The monoisotopic (exact) mass is 324 g/mol. The number of hydrogen-bond donors (Lipinski definition) is 0. The molecule has 0 saturated carbocycles. The van der Waals surface area contributed by atoms with Gasteiger partial charge >= 0.3 is 0 Å². The number of nitrogens with zero attached hydrogens (tertiary/aromatic N) is 4. The van der Waals surface area contributed by atoms with Crippen LogP contribution in [0.5, 0.6) is 0 Å². The van der Waals surface area contributed by atoms with Crippen molar-refractivity contribution in [3.05, 3.63) is 48.0 Å². The van der Waals surface area contributed by atoms with Gasteiger partial charge in [-0.2, -0.15) is 0 Å². The molecular formula is C19H24N4O. The van der Waals surface area contributed by atoms with E-state index in [0.717, 1.165) is 44.1 Å².